The molecule has 0 amide bonds. The van der Waals surface area contributed by atoms with Gasteiger partial charge in [0.25, 0.3) is 0 Å². The second kappa shape index (κ2) is 6.61. The van der Waals surface area contributed by atoms with Gasteiger partial charge >= 0.3 is 0 Å². The van der Waals surface area contributed by atoms with E-state index in [4.69, 9.17) is 5.73 Å². The third kappa shape index (κ3) is 3.74. The minimum atomic E-state index is 0.583. The van der Waals surface area contributed by atoms with Gasteiger partial charge < -0.3 is 21.4 Å². The summed E-state index contributed by atoms with van der Waals surface area (Å²) in [6, 6.07) is 5.94. The lowest BCUT2D eigenvalue weighted by atomic mass is 10.3. The van der Waals surface area contributed by atoms with E-state index in [-0.39, 0.29) is 0 Å². The third-order valence-corrected chi connectivity index (χ3v) is 2.48. The zero-order chi connectivity index (χ0) is 12.6. The lowest BCUT2D eigenvalue weighted by Crippen LogP contribution is -2.14. The van der Waals surface area contributed by atoms with Crippen LogP contribution in [0, 0.1) is 0 Å². The summed E-state index contributed by atoms with van der Waals surface area (Å²) >= 11 is 0. The van der Waals surface area contributed by atoms with E-state index in [0.717, 1.165) is 24.6 Å². The summed E-state index contributed by atoms with van der Waals surface area (Å²) < 4.78 is 0. The molecule has 0 aliphatic rings. The molecule has 0 aliphatic heterocycles. The first-order valence-corrected chi connectivity index (χ1v) is 6.00. The Morgan fingerprint density at radius 3 is 2.61 bits per heavy atom. The molecular formula is C12H18N6. The van der Waals surface area contributed by atoms with E-state index in [2.05, 4.69) is 31.7 Å². The number of nitrogens with one attached hydrogen (secondary N) is 3. The quantitative estimate of drug-likeness (QED) is 0.581. The normalized spacial score (nSPS) is 10.3. The van der Waals surface area contributed by atoms with E-state index >= 15 is 0 Å². The van der Waals surface area contributed by atoms with Crippen molar-refractivity contribution in [1.82, 2.24) is 15.0 Å². The fourth-order valence-corrected chi connectivity index (χ4v) is 1.60. The van der Waals surface area contributed by atoms with Crippen LogP contribution in [0.3, 0.4) is 0 Å². The van der Waals surface area contributed by atoms with Crippen molar-refractivity contribution in [2.75, 3.05) is 30.3 Å². The molecule has 0 saturated carbocycles. The minimum Gasteiger partial charge on any atom is -0.370 e. The highest BCUT2D eigenvalue weighted by Gasteiger charge is 1.98. The second-order valence-corrected chi connectivity index (χ2v) is 3.88. The van der Waals surface area contributed by atoms with Crippen molar-refractivity contribution < 1.29 is 0 Å². The number of H-pyrrole nitrogens is 1. The monoisotopic (exact) mass is 246 g/mol. The Morgan fingerprint density at radius 1 is 1.17 bits per heavy atom. The van der Waals surface area contributed by atoms with Crippen molar-refractivity contribution in [2.45, 2.75) is 6.42 Å². The molecule has 0 saturated heterocycles. The van der Waals surface area contributed by atoms with Crippen LogP contribution in [0.25, 0.3) is 0 Å². The Bertz CT molecular complexity index is 453. The van der Waals surface area contributed by atoms with E-state index in [1.165, 1.54) is 12.0 Å². The van der Waals surface area contributed by atoms with Crippen molar-refractivity contribution in [3.05, 3.63) is 36.4 Å². The molecule has 0 aromatic carbocycles. The third-order valence-electron chi connectivity index (χ3n) is 2.48. The minimum absolute atomic E-state index is 0.583. The Kier molecular flexibility index (Phi) is 4.54. The van der Waals surface area contributed by atoms with Crippen LogP contribution in [0.4, 0.5) is 11.6 Å². The number of aromatic nitrogens is 3. The molecule has 6 heteroatoms. The molecule has 0 aliphatic carbocycles. The van der Waals surface area contributed by atoms with Crippen LogP contribution >= 0.6 is 0 Å². The average Bonchev–Trinajstić information content (AvgIpc) is 2.90. The summed E-state index contributed by atoms with van der Waals surface area (Å²) in [4.78, 5) is 11.4. The fourth-order valence-electron chi connectivity index (χ4n) is 1.60. The van der Waals surface area contributed by atoms with Gasteiger partial charge in [0, 0.05) is 44.0 Å². The molecular weight excluding hydrogens is 228 g/mol. The van der Waals surface area contributed by atoms with Crippen LogP contribution in [0.15, 0.2) is 30.7 Å². The standard InChI is InChI=1S/C12H18N6/c13-4-7-16-12-8-11(17-9-18-12)15-6-3-10-2-1-5-14-10/h1-2,5,8-9,14H,3-4,6-7,13H2,(H2,15,16,17,18). The number of nitrogens with two attached hydrogens (primary N) is 1. The molecule has 0 spiro atoms. The molecule has 96 valence electrons. The number of rotatable bonds is 7. The Morgan fingerprint density at radius 2 is 1.94 bits per heavy atom. The van der Waals surface area contributed by atoms with Gasteiger partial charge in [0.2, 0.25) is 0 Å². The zero-order valence-electron chi connectivity index (χ0n) is 10.2. The van der Waals surface area contributed by atoms with E-state index < -0.39 is 0 Å². The zero-order valence-corrected chi connectivity index (χ0v) is 10.2. The van der Waals surface area contributed by atoms with Crippen LogP contribution in [0.5, 0.6) is 0 Å². The molecule has 2 aromatic heterocycles. The molecule has 0 radical (unpaired) electrons. The lowest BCUT2D eigenvalue weighted by molar-refractivity contribution is 0.961. The molecule has 0 bridgehead atoms. The highest BCUT2D eigenvalue weighted by molar-refractivity contribution is 5.46. The fraction of sp³-hybridized carbons (Fsp3) is 0.333. The molecule has 0 fully saturated rings. The van der Waals surface area contributed by atoms with E-state index in [9.17, 15) is 0 Å². The smallest absolute Gasteiger partial charge is 0.131 e. The summed E-state index contributed by atoms with van der Waals surface area (Å²) in [6.07, 6.45) is 4.40. The van der Waals surface area contributed by atoms with Gasteiger partial charge in [-0.25, -0.2) is 9.97 Å². The highest BCUT2D eigenvalue weighted by atomic mass is 15.1. The summed E-state index contributed by atoms with van der Waals surface area (Å²) in [5, 5.41) is 6.37. The number of aromatic amines is 1. The summed E-state index contributed by atoms with van der Waals surface area (Å²) in [5.41, 5.74) is 6.63. The van der Waals surface area contributed by atoms with E-state index in [0.29, 0.717) is 13.1 Å². The van der Waals surface area contributed by atoms with Gasteiger partial charge in [0.15, 0.2) is 0 Å². The van der Waals surface area contributed by atoms with Crippen LogP contribution in [-0.2, 0) is 6.42 Å². The second-order valence-electron chi connectivity index (χ2n) is 3.88. The molecule has 5 N–H and O–H groups in total. The first kappa shape index (κ1) is 12.4. The van der Waals surface area contributed by atoms with Crippen LogP contribution in [0.1, 0.15) is 5.69 Å². The Hall–Kier alpha value is -2.08. The number of anilines is 2. The van der Waals surface area contributed by atoms with E-state index in [1.54, 1.807) is 0 Å². The van der Waals surface area contributed by atoms with Crippen molar-refractivity contribution in [3.63, 3.8) is 0 Å². The maximum atomic E-state index is 5.42. The summed E-state index contributed by atoms with van der Waals surface area (Å²) in [6.45, 7) is 2.12. The number of hydrogen-bond donors (Lipinski definition) is 4. The summed E-state index contributed by atoms with van der Waals surface area (Å²) in [7, 11) is 0. The van der Waals surface area contributed by atoms with Gasteiger partial charge in [0.1, 0.15) is 18.0 Å². The SMILES string of the molecule is NCCNc1cc(NCCc2ccc[nH]2)ncn1. The molecule has 2 aromatic rings. The lowest BCUT2D eigenvalue weighted by Gasteiger charge is -2.07. The molecule has 0 unspecified atom stereocenters. The first-order chi connectivity index (χ1) is 8.88. The van der Waals surface area contributed by atoms with Gasteiger partial charge in [-0.1, -0.05) is 0 Å². The van der Waals surface area contributed by atoms with Crippen LogP contribution < -0.4 is 16.4 Å². The maximum Gasteiger partial charge on any atom is 0.131 e. The van der Waals surface area contributed by atoms with Gasteiger partial charge in [-0.2, -0.15) is 0 Å². The first-order valence-electron chi connectivity index (χ1n) is 6.00. The maximum absolute atomic E-state index is 5.42. The number of nitrogens with zero attached hydrogens (tertiary/aromatic N) is 2. The van der Waals surface area contributed by atoms with Crippen LogP contribution in [-0.4, -0.2) is 34.6 Å². The van der Waals surface area contributed by atoms with Crippen LogP contribution in [0.2, 0.25) is 0 Å². The van der Waals surface area contributed by atoms with Gasteiger partial charge in [-0.15, -0.1) is 0 Å². The van der Waals surface area contributed by atoms with Gasteiger partial charge in [-0.05, 0) is 12.1 Å². The average molecular weight is 246 g/mol. The Balaban J connectivity index is 1.81. The molecule has 6 nitrogen and oxygen atoms in total. The molecule has 2 heterocycles. The van der Waals surface area contributed by atoms with Crippen molar-refractivity contribution in [3.8, 4) is 0 Å². The van der Waals surface area contributed by atoms with Crippen molar-refractivity contribution in [1.29, 1.82) is 0 Å². The highest BCUT2D eigenvalue weighted by Crippen LogP contribution is 2.08. The van der Waals surface area contributed by atoms with Gasteiger partial charge in [-0.3, -0.25) is 0 Å². The predicted molar refractivity (Wildman–Crippen MR) is 72.6 cm³/mol. The topological polar surface area (TPSA) is 91.7 Å². The summed E-state index contributed by atoms with van der Waals surface area (Å²) in [5.74, 6) is 1.61. The predicted octanol–water partition coefficient (Wildman–Crippen LogP) is 0.830. The largest absolute Gasteiger partial charge is 0.370 e. The van der Waals surface area contributed by atoms with Gasteiger partial charge in [0.05, 0.1) is 0 Å². The number of hydrogen-bond acceptors (Lipinski definition) is 5. The molecule has 0 atom stereocenters. The Labute approximate surface area is 106 Å². The van der Waals surface area contributed by atoms with Crippen molar-refractivity contribution >= 4 is 11.6 Å². The van der Waals surface area contributed by atoms with E-state index in [1.807, 2.05) is 18.3 Å². The van der Waals surface area contributed by atoms with Crippen molar-refractivity contribution in [2.24, 2.45) is 5.73 Å². The molecule has 18 heavy (non-hydrogen) atoms. The molecule has 2 rings (SSSR count).